The van der Waals surface area contributed by atoms with Crippen molar-refractivity contribution in [2.24, 2.45) is 0 Å². The van der Waals surface area contributed by atoms with Gasteiger partial charge in [-0.1, -0.05) is 13.8 Å². The van der Waals surface area contributed by atoms with E-state index in [2.05, 4.69) is 44.2 Å². The van der Waals surface area contributed by atoms with Gasteiger partial charge in [0.1, 0.15) is 0 Å². The first-order chi connectivity index (χ1) is 6.77. The molecule has 0 saturated carbocycles. The van der Waals surface area contributed by atoms with Gasteiger partial charge in [-0.05, 0) is 0 Å². The molecule has 0 nitrogen and oxygen atoms in total. The predicted octanol–water partition coefficient (Wildman–Crippen LogP) is 3.56. The van der Waals surface area contributed by atoms with Gasteiger partial charge in [0, 0.05) is 196 Å². The van der Waals surface area contributed by atoms with Crippen LogP contribution in [-0.2, 0) is 196 Å². The van der Waals surface area contributed by atoms with E-state index in [0.29, 0.717) is 0 Å². The smallest absolute Gasteiger partial charge is 0 e. The second-order valence-electron chi connectivity index (χ2n) is 3.51. The van der Waals surface area contributed by atoms with E-state index >= 15 is 0 Å². The first kappa shape index (κ1) is 36.1. The van der Waals surface area contributed by atoms with E-state index in [9.17, 15) is 0 Å². The SMILES string of the molecule is Cc1c[c-]c(-c2[c-]cccc2C)cc1.[Y].[Y].[Y].[Y].[Y].[Y]. The molecule has 0 bridgehead atoms. The van der Waals surface area contributed by atoms with Crippen molar-refractivity contribution in [3.05, 3.63) is 59.7 Å². The molecule has 6 heteroatoms. The van der Waals surface area contributed by atoms with E-state index in [1.807, 2.05) is 18.2 Å². The van der Waals surface area contributed by atoms with Gasteiger partial charge in [0.25, 0.3) is 0 Å². The maximum absolute atomic E-state index is 3.26. The molecule has 2 rings (SSSR count). The minimum Gasteiger partial charge on any atom is -0.226 e. The van der Waals surface area contributed by atoms with Crippen LogP contribution in [0.4, 0.5) is 0 Å². The van der Waals surface area contributed by atoms with Crippen molar-refractivity contribution < 1.29 is 196 Å². The Kier molecular flexibility index (Phi) is 36.7. The van der Waals surface area contributed by atoms with Crippen molar-refractivity contribution in [3.8, 4) is 11.1 Å². The van der Waals surface area contributed by atoms with Gasteiger partial charge in [0.2, 0.25) is 0 Å². The molecule has 20 heavy (non-hydrogen) atoms. The number of aryl methyl sites for hydroxylation is 2. The maximum atomic E-state index is 3.26. The fraction of sp³-hybridized carbons (Fsp3) is 0.143. The third kappa shape index (κ3) is 12.4. The van der Waals surface area contributed by atoms with Crippen LogP contribution in [0, 0.1) is 26.0 Å². The van der Waals surface area contributed by atoms with Crippen LogP contribution in [0.3, 0.4) is 0 Å². The Labute approximate surface area is 274 Å². The Morgan fingerprint density at radius 1 is 0.750 bits per heavy atom. The average Bonchev–Trinajstić information content (AvgIpc) is 2.20. The number of hydrogen-bond donors (Lipinski definition) is 0. The average molecular weight is 714 g/mol. The second-order valence-corrected chi connectivity index (χ2v) is 3.51. The Bertz CT molecular complexity index is 442. The van der Waals surface area contributed by atoms with Crippen molar-refractivity contribution in [1.82, 2.24) is 0 Å². The van der Waals surface area contributed by atoms with E-state index in [-0.39, 0.29) is 196 Å². The summed E-state index contributed by atoms with van der Waals surface area (Å²) >= 11 is 0. The topological polar surface area (TPSA) is 0 Å². The van der Waals surface area contributed by atoms with Gasteiger partial charge in [0.15, 0.2) is 0 Å². The van der Waals surface area contributed by atoms with Crippen LogP contribution in [-0.4, -0.2) is 0 Å². The number of benzene rings is 2. The van der Waals surface area contributed by atoms with Gasteiger partial charge in [-0.15, -0.1) is 11.6 Å². The summed E-state index contributed by atoms with van der Waals surface area (Å²) < 4.78 is 0. The molecule has 0 saturated heterocycles. The van der Waals surface area contributed by atoms with Crippen LogP contribution in [0.2, 0.25) is 0 Å². The molecule has 0 atom stereocenters. The quantitative estimate of drug-likeness (QED) is 0.397. The number of rotatable bonds is 1. The third-order valence-electron chi connectivity index (χ3n) is 2.30. The first-order valence-electron chi connectivity index (χ1n) is 4.73. The molecule has 0 amide bonds. The Morgan fingerprint density at radius 3 is 1.80 bits per heavy atom. The van der Waals surface area contributed by atoms with Crippen molar-refractivity contribution in [1.29, 1.82) is 0 Å². The maximum Gasteiger partial charge on any atom is 0 e. The molecule has 0 spiro atoms. The van der Waals surface area contributed by atoms with Crippen molar-refractivity contribution in [2.45, 2.75) is 13.8 Å². The second kappa shape index (κ2) is 20.4. The standard InChI is InChI=1S/C14H12.6Y/c1-11-7-9-13(10-8-11)14-6-4-3-5-12(14)2;;;;;;/h3-5,7-9H,1-2H3;;;;;;/q-2;;;;;;. The molecular formula is C14H12Y6-2. The van der Waals surface area contributed by atoms with E-state index < -0.39 is 0 Å². The molecule has 2 aromatic carbocycles. The van der Waals surface area contributed by atoms with E-state index in [4.69, 9.17) is 0 Å². The molecule has 0 aliphatic rings. The predicted molar refractivity (Wildman–Crippen MR) is 59.0 cm³/mol. The molecule has 2 aromatic rings. The molecule has 0 unspecified atom stereocenters. The van der Waals surface area contributed by atoms with Crippen LogP contribution in [0.5, 0.6) is 0 Å². The molecule has 0 aliphatic carbocycles. The summed E-state index contributed by atoms with van der Waals surface area (Å²) in [6.45, 7) is 4.17. The van der Waals surface area contributed by atoms with Crippen LogP contribution in [0.25, 0.3) is 11.1 Å². The first-order valence-corrected chi connectivity index (χ1v) is 4.73. The summed E-state index contributed by atoms with van der Waals surface area (Å²) in [6, 6.07) is 18.8. The zero-order valence-electron chi connectivity index (χ0n) is 11.9. The van der Waals surface area contributed by atoms with E-state index in [0.717, 1.165) is 11.1 Å². The zero-order chi connectivity index (χ0) is 9.97. The Balaban J connectivity index is -0.000000125. The van der Waals surface area contributed by atoms with Gasteiger partial charge in [-0.3, -0.25) is 0 Å². The monoisotopic (exact) mass is 714 g/mol. The Hall–Kier alpha value is 5.06. The summed E-state index contributed by atoms with van der Waals surface area (Å²) in [5, 5.41) is 0. The molecule has 0 heterocycles. The number of hydrogen-bond acceptors (Lipinski definition) is 0. The van der Waals surface area contributed by atoms with Crippen molar-refractivity contribution >= 4 is 0 Å². The van der Waals surface area contributed by atoms with Gasteiger partial charge < -0.3 is 0 Å². The molecule has 0 aromatic heterocycles. The van der Waals surface area contributed by atoms with E-state index in [1.54, 1.807) is 0 Å². The molecule has 0 aliphatic heterocycles. The normalized spacial score (nSPS) is 7.10. The van der Waals surface area contributed by atoms with E-state index in [1.165, 1.54) is 11.1 Å². The van der Waals surface area contributed by atoms with Crippen LogP contribution < -0.4 is 0 Å². The van der Waals surface area contributed by atoms with Crippen molar-refractivity contribution in [3.63, 3.8) is 0 Å². The van der Waals surface area contributed by atoms with Gasteiger partial charge in [0.05, 0.1) is 0 Å². The fourth-order valence-electron chi connectivity index (χ4n) is 1.47. The summed E-state index contributed by atoms with van der Waals surface area (Å²) in [7, 11) is 0. The fourth-order valence-corrected chi connectivity index (χ4v) is 1.47. The van der Waals surface area contributed by atoms with Crippen LogP contribution in [0.15, 0.2) is 36.4 Å². The summed E-state index contributed by atoms with van der Waals surface area (Å²) in [5.74, 6) is 0. The molecule has 6 radical (unpaired) electrons. The molecule has 0 fully saturated rings. The van der Waals surface area contributed by atoms with Crippen LogP contribution >= 0.6 is 0 Å². The summed E-state index contributed by atoms with van der Waals surface area (Å²) in [6.07, 6.45) is 0. The molecular weight excluding hydrogens is 702 g/mol. The Morgan fingerprint density at radius 2 is 1.35 bits per heavy atom. The minimum atomic E-state index is 0. The van der Waals surface area contributed by atoms with Gasteiger partial charge in [-0.2, -0.15) is 48.0 Å². The zero-order valence-corrected chi connectivity index (χ0v) is 29.0. The van der Waals surface area contributed by atoms with Gasteiger partial charge >= 0.3 is 0 Å². The van der Waals surface area contributed by atoms with Crippen LogP contribution in [0.1, 0.15) is 11.1 Å². The summed E-state index contributed by atoms with van der Waals surface area (Å²) in [5.41, 5.74) is 4.75. The minimum absolute atomic E-state index is 0. The third-order valence-corrected chi connectivity index (χ3v) is 2.30. The largest absolute Gasteiger partial charge is 0.226 e. The molecule has 0 N–H and O–H groups in total. The van der Waals surface area contributed by atoms with Crippen molar-refractivity contribution in [2.75, 3.05) is 0 Å². The summed E-state index contributed by atoms with van der Waals surface area (Å²) in [4.78, 5) is 0. The molecule has 88 valence electrons. The van der Waals surface area contributed by atoms with Gasteiger partial charge in [-0.25, -0.2) is 11.1 Å².